The molecular weight excluding hydrogens is 212 g/mol. The molecule has 1 aromatic rings. The van der Waals surface area contributed by atoms with Crippen molar-refractivity contribution >= 4 is 17.3 Å². The quantitative estimate of drug-likeness (QED) is 0.788. The summed E-state index contributed by atoms with van der Waals surface area (Å²) in [6.45, 7) is 1.73. The molecule has 1 aliphatic rings. The number of pyridine rings is 1. The molecule has 0 spiro atoms. The molecule has 0 aromatic carbocycles. The number of nitrogens with zero attached hydrogens (tertiary/aromatic N) is 1. The van der Waals surface area contributed by atoms with E-state index in [1.807, 2.05) is 6.07 Å². The highest BCUT2D eigenvalue weighted by molar-refractivity contribution is 6.29. The van der Waals surface area contributed by atoms with Gasteiger partial charge in [0.1, 0.15) is 5.15 Å². The number of halogens is 1. The number of rotatable bonds is 2. The first-order valence-corrected chi connectivity index (χ1v) is 5.68. The Kier molecular flexibility index (Phi) is 3.80. The van der Waals surface area contributed by atoms with Crippen molar-refractivity contribution < 1.29 is 4.74 Å². The van der Waals surface area contributed by atoms with Crippen molar-refractivity contribution in [3.63, 3.8) is 0 Å². The lowest BCUT2D eigenvalue weighted by Gasteiger charge is -2.16. The zero-order valence-corrected chi connectivity index (χ0v) is 9.33. The Bertz CT molecular complexity index is 294. The van der Waals surface area contributed by atoms with Crippen molar-refractivity contribution in [3.8, 4) is 0 Å². The molecule has 0 bridgehead atoms. The van der Waals surface area contributed by atoms with Crippen molar-refractivity contribution in [2.75, 3.05) is 18.5 Å². The molecule has 1 aromatic heterocycles. The molecule has 0 radical (unpaired) electrons. The fourth-order valence-electron chi connectivity index (χ4n) is 1.75. The van der Waals surface area contributed by atoms with Gasteiger partial charge in [-0.25, -0.2) is 4.98 Å². The number of hydrogen-bond donors (Lipinski definition) is 1. The van der Waals surface area contributed by atoms with E-state index in [9.17, 15) is 0 Å². The van der Waals surface area contributed by atoms with Crippen molar-refractivity contribution in [3.05, 3.63) is 23.5 Å². The van der Waals surface area contributed by atoms with Gasteiger partial charge in [0.25, 0.3) is 0 Å². The fraction of sp³-hybridized carbons (Fsp3) is 0.545. The van der Waals surface area contributed by atoms with Gasteiger partial charge < -0.3 is 10.1 Å². The van der Waals surface area contributed by atoms with Gasteiger partial charge in [0, 0.05) is 19.3 Å². The standard InChI is InChI=1S/C11H15ClN2O/c12-11-4-3-10(8-13-11)14-9-2-1-6-15-7-5-9/h3-4,8-9,14H,1-2,5-7H2. The van der Waals surface area contributed by atoms with Gasteiger partial charge >= 0.3 is 0 Å². The summed E-state index contributed by atoms with van der Waals surface area (Å²) in [5.74, 6) is 0. The highest BCUT2D eigenvalue weighted by Crippen LogP contribution is 2.16. The van der Waals surface area contributed by atoms with Crippen LogP contribution in [0, 0.1) is 0 Å². The SMILES string of the molecule is Clc1ccc(NC2CCCOCC2)cn1. The normalized spacial score (nSPS) is 22.1. The highest BCUT2D eigenvalue weighted by atomic mass is 35.5. The minimum Gasteiger partial charge on any atom is -0.381 e. The van der Waals surface area contributed by atoms with Crippen LogP contribution < -0.4 is 5.32 Å². The van der Waals surface area contributed by atoms with Crippen LogP contribution in [0.1, 0.15) is 19.3 Å². The first-order valence-electron chi connectivity index (χ1n) is 5.30. The Hall–Kier alpha value is -0.800. The second-order valence-corrected chi connectivity index (χ2v) is 4.14. The number of aromatic nitrogens is 1. The first kappa shape index (κ1) is 10.7. The largest absolute Gasteiger partial charge is 0.381 e. The van der Waals surface area contributed by atoms with E-state index in [0.717, 1.165) is 38.2 Å². The monoisotopic (exact) mass is 226 g/mol. The Balaban J connectivity index is 1.92. The smallest absolute Gasteiger partial charge is 0.129 e. The molecule has 2 rings (SSSR count). The Morgan fingerprint density at radius 1 is 1.33 bits per heavy atom. The third kappa shape index (κ3) is 3.36. The Morgan fingerprint density at radius 3 is 3.07 bits per heavy atom. The molecule has 15 heavy (non-hydrogen) atoms. The predicted molar refractivity (Wildman–Crippen MR) is 61.3 cm³/mol. The van der Waals surface area contributed by atoms with Gasteiger partial charge in [0.15, 0.2) is 0 Å². The first-order chi connectivity index (χ1) is 7.34. The summed E-state index contributed by atoms with van der Waals surface area (Å²) in [6.07, 6.45) is 5.11. The van der Waals surface area contributed by atoms with Crippen LogP contribution in [0.4, 0.5) is 5.69 Å². The summed E-state index contributed by atoms with van der Waals surface area (Å²) in [5, 5.41) is 3.98. The lowest BCUT2D eigenvalue weighted by Crippen LogP contribution is -2.19. The van der Waals surface area contributed by atoms with Crippen LogP contribution in [0.5, 0.6) is 0 Å². The average molecular weight is 227 g/mol. The van der Waals surface area contributed by atoms with Gasteiger partial charge in [-0.1, -0.05) is 11.6 Å². The second kappa shape index (κ2) is 5.33. The molecule has 3 nitrogen and oxygen atoms in total. The van der Waals surface area contributed by atoms with E-state index >= 15 is 0 Å². The van der Waals surface area contributed by atoms with Crippen molar-refractivity contribution in [1.29, 1.82) is 0 Å². The molecule has 1 saturated heterocycles. The zero-order chi connectivity index (χ0) is 10.5. The van der Waals surface area contributed by atoms with Crippen LogP contribution in [0.3, 0.4) is 0 Å². The van der Waals surface area contributed by atoms with Crippen LogP contribution in [0.15, 0.2) is 18.3 Å². The molecule has 4 heteroatoms. The minimum absolute atomic E-state index is 0.496. The summed E-state index contributed by atoms with van der Waals surface area (Å²) in [5.41, 5.74) is 1.03. The van der Waals surface area contributed by atoms with Gasteiger partial charge in [-0.05, 0) is 31.4 Å². The van der Waals surface area contributed by atoms with Gasteiger partial charge in [-0.15, -0.1) is 0 Å². The summed E-state index contributed by atoms with van der Waals surface area (Å²) in [7, 11) is 0. The maximum atomic E-state index is 5.72. The molecule has 0 amide bonds. The van der Waals surface area contributed by atoms with E-state index in [4.69, 9.17) is 16.3 Å². The molecule has 2 heterocycles. The Labute approximate surface area is 94.8 Å². The molecular formula is C11H15ClN2O. The molecule has 0 aliphatic carbocycles. The van der Waals surface area contributed by atoms with E-state index in [0.29, 0.717) is 11.2 Å². The van der Waals surface area contributed by atoms with Gasteiger partial charge in [0.2, 0.25) is 0 Å². The maximum absolute atomic E-state index is 5.72. The van der Waals surface area contributed by atoms with Crippen molar-refractivity contribution in [2.45, 2.75) is 25.3 Å². The predicted octanol–water partition coefficient (Wildman–Crippen LogP) is 2.72. The summed E-state index contributed by atoms with van der Waals surface area (Å²) < 4.78 is 5.40. The fourth-order valence-corrected chi connectivity index (χ4v) is 1.86. The minimum atomic E-state index is 0.496. The highest BCUT2D eigenvalue weighted by Gasteiger charge is 2.11. The second-order valence-electron chi connectivity index (χ2n) is 3.75. The molecule has 1 fully saturated rings. The van der Waals surface area contributed by atoms with E-state index in [1.165, 1.54) is 0 Å². The van der Waals surface area contributed by atoms with E-state index in [1.54, 1.807) is 12.3 Å². The topological polar surface area (TPSA) is 34.1 Å². The van der Waals surface area contributed by atoms with Crippen LogP contribution in [0.25, 0.3) is 0 Å². The van der Waals surface area contributed by atoms with Gasteiger partial charge in [-0.3, -0.25) is 0 Å². The lowest BCUT2D eigenvalue weighted by molar-refractivity contribution is 0.144. The van der Waals surface area contributed by atoms with Gasteiger partial charge in [-0.2, -0.15) is 0 Å². The van der Waals surface area contributed by atoms with Crippen molar-refractivity contribution in [2.24, 2.45) is 0 Å². The lowest BCUT2D eigenvalue weighted by atomic mass is 10.1. The molecule has 82 valence electrons. The molecule has 1 aliphatic heterocycles. The third-order valence-electron chi connectivity index (χ3n) is 2.55. The number of anilines is 1. The summed E-state index contributed by atoms with van der Waals surface area (Å²) in [6, 6.07) is 4.26. The molecule has 1 unspecified atom stereocenters. The van der Waals surface area contributed by atoms with Crippen LogP contribution >= 0.6 is 11.6 Å². The van der Waals surface area contributed by atoms with Crippen LogP contribution in [-0.2, 0) is 4.74 Å². The zero-order valence-electron chi connectivity index (χ0n) is 8.58. The van der Waals surface area contributed by atoms with E-state index in [2.05, 4.69) is 10.3 Å². The number of ether oxygens (including phenoxy) is 1. The number of nitrogens with one attached hydrogen (secondary N) is 1. The van der Waals surface area contributed by atoms with E-state index < -0.39 is 0 Å². The summed E-state index contributed by atoms with van der Waals surface area (Å²) >= 11 is 5.72. The molecule has 1 atom stereocenters. The van der Waals surface area contributed by atoms with E-state index in [-0.39, 0.29) is 0 Å². The average Bonchev–Trinajstić information content (AvgIpc) is 2.50. The van der Waals surface area contributed by atoms with Crippen LogP contribution in [-0.4, -0.2) is 24.2 Å². The maximum Gasteiger partial charge on any atom is 0.129 e. The van der Waals surface area contributed by atoms with Crippen LogP contribution in [0.2, 0.25) is 5.15 Å². The number of hydrogen-bond acceptors (Lipinski definition) is 3. The Morgan fingerprint density at radius 2 is 2.27 bits per heavy atom. The van der Waals surface area contributed by atoms with Gasteiger partial charge in [0.05, 0.1) is 11.9 Å². The molecule has 0 saturated carbocycles. The van der Waals surface area contributed by atoms with Crippen molar-refractivity contribution in [1.82, 2.24) is 4.98 Å². The third-order valence-corrected chi connectivity index (χ3v) is 2.77. The molecule has 1 N–H and O–H groups in total. The summed E-state index contributed by atoms with van der Waals surface area (Å²) in [4.78, 5) is 4.04.